The van der Waals surface area contributed by atoms with Crippen molar-refractivity contribution in [2.24, 2.45) is 7.05 Å². The second kappa shape index (κ2) is 7.16. The lowest BCUT2D eigenvalue weighted by molar-refractivity contribution is 0.0758. The van der Waals surface area contributed by atoms with Crippen LogP contribution in [0.15, 0.2) is 54.6 Å². The molecule has 0 N–H and O–H groups in total. The first kappa shape index (κ1) is 17.2. The standard InChI is InChI=1S/C22H22N4O/c1-24-19-9-4-2-7-17(19)15-21(24)22(27)26-12-6-11-25(13-14-26)20-10-5-3-8-18(20)16-23/h2-5,7-10,15H,6,11-14H2,1H3. The van der Waals surface area contributed by atoms with Crippen molar-refractivity contribution in [1.29, 1.82) is 5.26 Å². The molecule has 2 aromatic carbocycles. The maximum absolute atomic E-state index is 13.1. The summed E-state index contributed by atoms with van der Waals surface area (Å²) in [5.41, 5.74) is 3.44. The molecule has 1 aromatic heterocycles. The van der Waals surface area contributed by atoms with Gasteiger partial charge in [0.2, 0.25) is 0 Å². The number of rotatable bonds is 2. The molecule has 0 unspecified atom stereocenters. The van der Waals surface area contributed by atoms with Crippen LogP contribution in [0.4, 0.5) is 5.69 Å². The van der Waals surface area contributed by atoms with Crippen molar-refractivity contribution in [1.82, 2.24) is 9.47 Å². The van der Waals surface area contributed by atoms with Crippen LogP contribution >= 0.6 is 0 Å². The van der Waals surface area contributed by atoms with Crippen molar-refractivity contribution in [3.8, 4) is 6.07 Å². The summed E-state index contributed by atoms with van der Waals surface area (Å²) in [5, 5.41) is 10.4. The molecule has 1 saturated heterocycles. The lowest BCUT2D eigenvalue weighted by Gasteiger charge is -2.24. The summed E-state index contributed by atoms with van der Waals surface area (Å²) in [6.07, 6.45) is 0.884. The highest BCUT2D eigenvalue weighted by atomic mass is 16.2. The Morgan fingerprint density at radius 3 is 2.59 bits per heavy atom. The molecule has 2 heterocycles. The molecule has 4 rings (SSSR count). The summed E-state index contributed by atoms with van der Waals surface area (Å²) in [6.45, 7) is 2.96. The molecule has 0 bridgehead atoms. The predicted molar refractivity (Wildman–Crippen MR) is 107 cm³/mol. The smallest absolute Gasteiger partial charge is 0.270 e. The number of aryl methyl sites for hydroxylation is 1. The van der Waals surface area contributed by atoms with Crippen LogP contribution < -0.4 is 4.90 Å². The number of nitriles is 1. The van der Waals surface area contributed by atoms with Gasteiger partial charge in [-0.3, -0.25) is 4.79 Å². The molecule has 0 aliphatic carbocycles. The number of para-hydroxylation sites is 2. The van der Waals surface area contributed by atoms with Crippen molar-refractivity contribution < 1.29 is 4.79 Å². The average Bonchev–Trinajstić information content (AvgIpc) is 2.89. The zero-order valence-electron chi connectivity index (χ0n) is 15.4. The first-order valence-corrected chi connectivity index (χ1v) is 9.27. The van der Waals surface area contributed by atoms with Gasteiger partial charge in [-0.05, 0) is 30.7 Å². The molecular formula is C22H22N4O. The van der Waals surface area contributed by atoms with Crippen molar-refractivity contribution >= 4 is 22.5 Å². The van der Waals surface area contributed by atoms with E-state index in [-0.39, 0.29) is 5.91 Å². The number of carbonyl (C=O) groups is 1. The van der Waals surface area contributed by atoms with E-state index in [2.05, 4.69) is 11.0 Å². The van der Waals surface area contributed by atoms with E-state index in [9.17, 15) is 10.1 Å². The van der Waals surface area contributed by atoms with Crippen molar-refractivity contribution in [3.05, 3.63) is 65.9 Å². The van der Waals surface area contributed by atoms with Gasteiger partial charge in [0.25, 0.3) is 5.91 Å². The van der Waals surface area contributed by atoms with E-state index in [0.717, 1.165) is 48.3 Å². The molecular weight excluding hydrogens is 336 g/mol. The van der Waals surface area contributed by atoms with Gasteiger partial charge in [-0.15, -0.1) is 0 Å². The zero-order chi connectivity index (χ0) is 18.8. The van der Waals surface area contributed by atoms with Gasteiger partial charge < -0.3 is 14.4 Å². The number of benzene rings is 2. The monoisotopic (exact) mass is 358 g/mol. The second-order valence-corrected chi connectivity index (χ2v) is 6.91. The van der Waals surface area contributed by atoms with Crippen molar-refractivity contribution in [3.63, 3.8) is 0 Å². The summed E-state index contributed by atoms with van der Waals surface area (Å²) >= 11 is 0. The number of carbonyl (C=O) groups excluding carboxylic acids is 1. The molecule has 0 saturated carbocycles. The number of nitrogens with zero attached hydrogens (tertiary/aromatic N) is 4. The van der Waals surface area contributed by atoms with Crippen LogP contribution in [-0.2, 0) is 7.05 Å². The van der Waals surface area contributed by atoms with E-state index in [4.69, 9.17) is 0 Å². The van der Waals surface area contributed by atoms with E-state index in [1.54, 1.807) is 0 Å². The minimum Gasteiger partial charge on any atom is -0.369 e. The van der Waals surface area contributed by atoms with Crippen LogP contribution in [0, 0.1) is 11.3 Å². The topological polar surface area (TPSA) is 52.3 Å². The Kier molecular flexibility index (Phi) is 4.55. The number of fused-ring (bicyclic) bond motifs is 1. The van der Waals surface area contributed by atoms with Gasteiger partial charge in [-0.1, -0.05) is 30.3 Å². The third kappa shape index (κ3) is 3.15. The molecule has 0 atom stereocenters. The van der Waals surface area contributed by atoms with Crippen LogP contribution in [-0.4, -0.2) is 41.6 Å². The number of aromatic nitrogens is 1. The van der Waals surface area contributed by atoms with E-state index >= 15 is 0 Å². The van der Waals surface area contributed by atoms with Gasteiger partial charge in [0.15, 0.2) is 0 Å². The Labute approximate surface area is 159 Å². The quantitative estimate of drug-likeness (QED) is 0.705. The average molecular weight is 358 g/mol. The number of anilines is 1. The van der Waals surface area contributed by atoms with Gasteiger partial charge >= 0.3 is 0 Å². The maximum atomic E-state index is 13.1. The van der Waals surface area contributed by atoms with Crippen LogP contribution in [0.1, 0.15) is 22.5 Å². The molecule has 0 spiro atoms. The third-order valence-corrected chi connectivity index (χ3v) is 5.32. The van der Waals surface area contributed by atoms with Crippen LogP contribution in [0.5, 0.6) is 0 Å². The molecule has 3 aromatic rings. The highest BCUT2D eigenvalue weighted by Gasteiger charge is 2.23. The normalized spacial score (nSPS) is 14.8. The Morgan fingerprint density at radius 1 is 1.00 bits per heavy atom. The lowest BCUT2D eigenvalue weighted by atomic mass is 10.1. The van der Waals surface area contributed by atoms with E-state index in [1.165, 1.54) is 0 Å². The van der Waals surface area contributed by atoms with Crippen LogP contribution in [0.3, 0.4) is 0 Å². The van der Waals surface area contributed by atoms with E-state index < -0.39 is 0 Å². The van der Waals surface area contributed by atoms with Gasteiger partial charge in [0, 0.05) is 44.1 Å². The molecule has 1 aliphatic rings. The van der Waals surface area contributed by atoms with Gasteiger partial charge in [0.05, 0.1) is 11.3 Å². The van der Waals surface area contributed by atoms with Crippen molar-refractivity contribution in [2.75, 3.05) is 31.1 Å². The minimum atomic E-state index is 0.0733. The summed E-state index contributed by atoms with van der Waals surface area (Å²) in [6, 6.07) is 20.0. The van der Waals surface area contributed by atoms with Crippen LogP contribution in [0.25, 0.3) is 10.9 Å². The highest BCUT2D eigenvalue weighted by Crippen LogP contribution is 2.23. The molecule has 1 fully saturated rings. The molecule has 5 heteroatoms. The number of amides is 1. The lowest BCUT2D eigenvalue weighted by Crippen LogP contribution is -2.36. The summed E-state index contributed by atoms with van der Waals surface area (Å²) in [5.74, 6) is 0.0733. The first-order valence-electron chi connectivity index (χ1n) is 9.27. The van der Waals surface area contributed by atoms with Crippen molar-refractivity contribution in [2.45, 2.75) is 6.42 Å². The first-order chi connectivity index (χ1) is 13.2. The van der Waals surface area contributed by atoms with Gasteiger partial charge in [-0.25, -0.2) is 0 Å². The number of hydrogen-bond acceptors (Lipinski definition) is 3. The fourth-order valence-electron chi connectivity index (χ4n) is 3.86. The largest absolute Gasteiger partial charge is 0.369 e. The molecule has 0 radical (unpaired) electrons. The summed E-state index contributed by atoms with van der Waals surface area (Å²) in [7, 11) is 1.95. The Bertz CT molecular complexity index is 1030. The van der Waals surface area contributed by atoms with E-state index in [1.807, 2.05) is 71.1 Å². The zero-order valence-corrected chi connectivity index (χ0v) is 15.4. The summed E-state index contributed by atoms with van der Waals surface area (Å²) in [4.78, 5) is 17.3. The molecule has 136 valence electrons. The third-order valence-electron chi connectivity index (χ3n) is 5.32. The summed E-state index contributed by atoms with van der Waals surface area (Å²) < 4.78 is 1.98. The Morgan fingerprint density at radius 2 is 1.78 bits per heavy atom. The fourth-order valence-corrected chi connectivity index (χ4v) is 3.86. The van der Waals surface area contributed by atoms with E-state index in [0.29, 0.717) is 12.1 Å². The SMILES string of the molecule is Cn1c(C(=O)N2CCCN(c3ccccc3C#N)CC2)cc2ccccc21. The number of hydrogen-bond donors (Lipinski definition) is 0. The Balaban J connectivity index is 1.55. The molecule has 27 heavy (non-hydrogen) atoms. The fraction of sp³-hybridized carbons (Fsp3) is 0.273. The van der Waals surface area contributed by atoms with Gasteiger partial charge in [0.1, 0.15) is 11.8 Å². The molecule has 1 aliphatic heterocycles. The predicted octanol–water partition coefficient (Wildman–Crippen LogP) is 3.40. The van der Waals surface area contributed by atoms with Gasteiger partial charge in [-0.2, -0.15) is 5.26 Å². The minimum absolute atomic E-state index is 0.0733. The van der Waals surface area contributed by atoms with Crippen LogP contribution in [0.2, 0.25) is 0 Å². The second-order valence-electron chi connectivity index (χ2n) is 6.91. The maximum Gasteiger partial charge on any atom is 0.270 e. The molecule has 5 nitrogen and oxygen atoms in total. The molecule has 1 amide bonds. The Hall–Kier alpha value is -3.26. The highest BCUT2D eigenvalue weighted by molar-refractivity contribution is 5.98.